The van der Waals surface area contributed by atoms with Crippen molar-refractivity contribution in [1.29, 1.82) is 5.26 Å². The van der Waals surface area contributed by atoms with E-state index in [1.54, 1.807) is 18.2 Å². The third-order valence-electron chi connectivity index (χ3n) is 3.97. The Morgan fingerprint density at radius 2 is 2.00 bits per heavy atom. The maximum Gasteiger partial charge on any atom is 0.142 e. The van der Waals surface area contributed by atoms with Crippen LogP contribution in [0, 0.1) is 18.3 Å². The van der Waals surface area contributed by atoms with Crippen LogP contribution in [0.15, 0.2) is 36.5 Å². The van der Waals surface area contributed by atoms with Gasteiger partial charge in [-0.05, 0) is 42.8 Å². The largest absolute Gasteiger partial charge is 0.383 e. The molecule has 3 rings (SSSR count). The van der Waals surface area contributed by atoms with Crippen LogP contribution in [0.3, 0.4) is 0 Å². The Labute approximate surface area is 150 Å². The van der Waals surface area contributed by atoms with E-state index < -0.39 is 0 Å². The van der Waals surface area contributed by atoms with Crippen molar-refractivity contribution in [2.24, 2.45) is 7.05 Å². The molecular formula is C18H14Cl2N4. The number of anilines is 1. The second-order valence-corrected chi connectivity index (χ2v) is 6.30. The van der Waals surface area contributed by atoms with Gasteiger partial charge in [-0.2, -0.15) is 5.26 Å². The molecule has 0 unspecified atom stereocenters. The van der Waals surface area contributed by atoms with Crippen LogP contribution in [0.4, 0.5) is 5.82 Å². The van der Waals surface area contributed by atoms with Gasteiger partial charge in [-0.1, -0.05) is 23.2 Å². The summed E-state index contributed by atoms with van der Waals surface area (Å²) < 4.78 is 1.94. The fraction of sp³-hybridized carbons (Fsp3) is 0.111. The van der Waals surface area contributed by atoms with Gasteiger partial charge in [0, 0.05) is 35.1 Å². The Balaban J connectivity index is 2.37. The molecule has 0 saturated heterocycles. The number of rotatable bonds is 2. The lowest BCUT2D eigenvalue weighted by molar-refractivity contribution is 0.934. The lowest BCUT2D eigenvalue weighted by Gasteiger charge is -2.16. The molecule has 4 nitrogen and oxygen atoms in total. The molecule has 3 aromatic rings. The number of hydrogen-bond donors (Lipinski definition) is 1. The van der Waals surface area contributed by atoms with E-state index >= 15 is 0 Å². The average Bonchev–Trinajstić information content (AvgIpc) is 2.95. The van der Waals surface area contributed by atoms with E-state index in [-0.39, 0.29) is 5.82 Å². The molecule has 2 N–H and O–H groups in total. The number of nitriles is 1. The molecule has 0 atom stereocenters. The predicted molar refractivity (Wildman–Crippen MR) is 98.0 cm³/mol. The van der Waals surface area contributed by atoms with Crippen molar-refractivity contribution in [2.75, 3.05) is 5.73 Å². The zero-order valence-corrected chi connectivity index (χ0v) is 14.7. The standard InChI is InChI=1S/C18H14Cl2N4/c1-10-16(15-4-3-7-24(15)2)13(9-21)18(22)23-17(10)12-6-5-11(19)8-14(12)20/h3-8H,1-2H3,(H2,22,23). The number of aryl methyl sites for hydroxylation is 1. The highest BCUT2D eigenvalue weighted by molar-refractivity contribution is 6.36. The molecule has 120 valence electrons. The van der Waals surface area contributed by atoms with Crippen LogP contribution in [0.25, 0.3) is 22.5 Å². The van der Waals surface area contributed by atoms with Gasteiger partial charge < -0.3 is 10.3 Å². The van der Waals surface area contributed by atoms with E-state index in [1.807, 2.05) is 36.9 Å². The van der Waals surface area contributed by atoms with Gasteiger partial charge in [0.15, 0.2) is 0 Å². The lowest BCUT2D eigenvalue weighted by atomic mass is 9.95. The van der Waals surface area contributed by atoms with Gasteiger partial charge in [0.05, 0.1) is 10.7 Å². The lowest BCUT2D eigenvalue weighted by Crippen LogP contribution is -2.05. The van der Waals surface area contributed by atoms with Crippen LogP contribution in [0.1, 0.15) is 11.1 Å². The fourth-order valence-corrected chi connectivity index (χ4v) is 3.29. The molecule has 0 amide bonds. The van der Waals surface area contributed by atoms with Crippen LogP contribution in [0.2, 0.25) is 10.0 Å². The van der Waals surface area contributed by atoms with Crippen molar-refractivity contribution < 1.29 is 0 Å². The summed E-state index contributed by atoms with van der Waals surface area (Å²) in [5, 5.41) is 10.6. The van der Waals surface area contributed by atoms with Crippen LogP contribution in [-0.2, 0) is 7.05 Å². The van der Waals surface area contributed by atoms with Gasteiger partial charge in [0.2, 0.25) is 0 Å². The normalized spacial score (nSPS) is 10.6. The molecule has 0 aliphatic carbocycles. The molecule has 24 heavy (non-hydrogen) atoms. The molecule has 0 radical (unpaired) electrons. The molecule has 6 heteroatoms. The molecule has 0 aliphatic rings. The highest BCUT2D eigenvalue weighted by Gasteiger charge is 2.20. The summed E-state index contributed by atoms with van der Waals surface area (Å²) in [6.45, 7) is 1.91. The summed E-state index contributed by atoms with van der Waals surface area (Å²) in [7, 11) is 1.92. The van der Waals surface area contributed by atoms with Crippen molar-refractivity contribution >= 4 is 29.0 Å². The summed E-state index contributed by atoms with van der Waals surface area (Å²) in [6.07, 6.45) is 1.92. The molecule has 0 spiro atoms. The first-order valence-electron chi connectivity index (χ1n) is 7.21. The second-order valence-electron chi connectivity index (χ2n) is 5.46. The Bertz CT molecular complexity index is 983. The monoisotopic (exact) mass is 356 g/mol. The Morgan fingerprint density at radius 1 is 1.25 bits per heavy atom. The van der Waals surface area contributed by atoms with Crippen LogP contribution in [0.5, 0.6) is 0 Å². The van der Waals surface area contributed by atoms with Gasteiger partial charge >= 0.3 is 0 Å². The van der Waals surface area contributed by atoms with Gasteiger partial charge in [-0.15, -0.1) is 0 Å². The van der Waals surface area contributed by atoms with Crippen molar-refractivity contribution in [1.82, 2.24) is 9.55 Å². The summed E-state index contributed by atoms with van der Waals surface area (Å²) >= 11 is 12.3. The molecular weight excluding hydrogens is 343 g/mol. The van der Waals surface area contributed by atoms with E-state index in [1.165, 1.54) is 0 Å². The first-order valence-corrected chi connectivity index (χ1v) is 7.97. The van der Waals surface area contributed by atoms with Gasteiger partial charge in [0.1, 0.15) is 17.5 Å². The maximum atomic E-state index is 9.54. The van der Waals surface area contributed by atoms with E-state index in [9.17, 15) is 5.26 Å². The molecule has 2 aromatic heterocycles. The summed E-state index contributed by atoms with van der Waals surface area (Å²) in [5.74, 6) is 0.181. The van der Waals surface area contributed by atoms with Crippen molar-refractivity contribution in [3.05, 3.63) is 57.7 Å². The Hall–Kier alpha value is -2.48. The van der Waals surface area contributed by atoms with Crippen LogP contribution < -0.4 is 5.73 Å². The summed E-state index contributed by atoms with van der Waals surface area (Å²) in [4.78, 5) is 4.42. The van der Waals surface area contributed by atoms with E-state index in [2.05, 4.69) is 11.1 Å². The van der Waals surface area contributed by atoms with E-state index in [0.717, 1.165) is 22.4 Å². The molecule has 0 bridgehead atoms. The number of halogens is 2. The molecule has 1 aromatic carbocycles. The second kappa shape index (κ2) is 6.20. The number of nitrogens with two attached hydrogens (primary N) is 1. The Kier molecular flexibility index (Phi) is 4.23. The quantitative estimate of drug-likeness (QED) is 0.715. The third-order valence-corrected chi connectivity index (χ3v) is 4.51. The third kappa shape index (κ3) is 2.62. The van der Waals surface area contributed by atoms with Crippen molar-refractivity contribution in [3.8, 4) is 28.6 Å². The van der Waals surface area contributed by atoms with E-state index in [0.29, 0.717) is 21.3 Å². The smallest absolute Gasteiger partial charge is 0.142 e. The highest BCUT2D eigenvalue weighted by atomic mass is 35.5. The molecule has 0 fully saturated rings. The van der Waals surface area contributed by atoms with Crippen LogP contribution >= 0.6 is 23.2 Å². The zero-order chi connectivity index (χ0) is 17.4. The first kappa shape index (κ1) is 16.4. The minimum atomic E-state index is 0.181. The fourth-order valence-electron chi connectivity index (χ4n) is 2.79. The van der Waals surface area contributed by atoms with E-state index in [4.69, 9.17) is 28.9 Å². The Morgan fingerprint density at radius 3 is 2.58 bits per heavy atom. The van der Waals surface area contributed by atoms with Gasteiger partial charge in [0.25, 0.3) is 0 Å². The van der Waals surface area contributed by atoms with Gasteiger partial charge in [-0.25, -0.2) is 4.98 Å². The molecule has 0 saturated carbocycles. The van der Waals surface area contributed by atoms with Crippen molar-refractivity contribution in [3.63, 3.8) is 0 Å². The topological polar surface area (TPSA) is 67.6 Å². The number of hydrogen-bond acceptors (Lipinski definition) is 3. The minimum absolute atomic E-state index is 0.181. The molecule has 0 aliphatic heterocycles. The maximum absolute atomic E-state index is 9.54. The SMILES string of the molecule is Cc1c(-c2ccc(Cl)cc2Cl)nc(N)c(C#N)c1-c1cccn1C. The summed E-state index contributed by atoms with van der Waals surface area (Å²) in [6, 6.07) is 11.2. The highest BCUT2D eigenvalue weighted by Crippen LogP contribution is 2.38. The van der Waals surface area contributed by atoms with Crippen LogP contribution in [-0.4, -0.2) is 9.55 Å². The first-order chi connectivity index (χ1) is 11.4. The molecule has 2 heterocycles. The van der Waals surface area contributed by atoms with Gasteiger partial charge in [-0.3, -0.25) is 0 Å². The minimum Gasteiger partial charge on any atom is -0.383 e. The van der Waals surface area contributed by atoms with Crippen molar-refractivity contribution in [2.45, 2.75) is 6.92 Å². The predicted octanol–water partition coefficient (Wildman–Crippen LogP) is 4.82. The average molecular weight is 357 g/mol. The zero-order valence-electron chi connectivity index (χ0n) is 13.1. The number of nitrogens with zero attached hydrogens (tertiary/aromatic N) is 3. The number of aromatic nitrogens is 2. The number of benzene rings is 1. The summed E-state index contributed by atoms with van der Waals surface area (Å²) in [5.41, 5.74) is 10.3. The number of nitrogen functional groups attached to an aromatic ring is 1. The number of pyridine rings is 1.